The van der Waals surface area contributed by atoms with Crippen molar-refractivity contribution >= 4 is 11.8 Å². The molecule has 0 radical (unpaired) electrons. The smallest absolute Gasteiger partial charge is 0.335 e. The summed E-state index contributed by atoms with van der Waals surface area (Å²) < 4.78 is 0. The predicted octanol–water partition coefficient (Wildman–Crippen LogP) is 2.93. The lowest BCUT2D eigenvalue weighted by Crippen LogP contribution is -2.46. The first kappa shape index (κ1) is 18.3. The average Bonchev–Trinajstić information content (AvgIpc) is 2.62. The highest BCUT2D eigenvalue weighted by atomic mass is 16.4. The van der Waals surface area contributed by atoms with Crippen LogP contribution in [0.25, 0.3) is 0 Å². The average molecular weight is 354 g/mol. The molecule has 0 saturated carbocycles. The molecule has 0 bridgehead atoms. The van der Waals surface area contributed by atoms with Crippen LogP contribution in [0.4, 0.5) is 5.82 Å². The van der Waals surface area contributed by atoms with Gasteiger partial charge in [-0.25, -0.2) is 14.8 Å². The molecule has 138 valence electrons. The van der Waals surface area contributed by atoms with Crippen molar-refractivity contribution in [3.8, 4) is 0 Å². The van der Waals surface area contributed by atoms with Gasteiger partial charge in [0, 0.05) is 50.4 Å². The summed E-state index contributed by atoms with van der Waals surface area (Å²) >= 11 is 0. The van der Waals surface area contributed by atoms with Gasteiger partial charge >= 0.3 is 5.97 Å². The van der Waals surface area contributed by atoms with E-state index in [2.05, 4.69) is 34.7 Å². The van der Waals surface area contributed by atoms with Gasteiger partial charge in [-0.05, 0) is 24.6 Å². The molecule has 3 rings (SSSR count). The number of benzene rings is 1. The second-order valence-electron chi connectivity index (χ2n) is 7.15. The van der Waals surface area contributed by atoms with Crippen LogP contribution in [0.3, 0.4) is 0 Å². The first-order valence-corrected chi connectivity index (χ1v) is 9.07. The molecule has 6 nitrogen and oxygen atoms in total. The van der Waals surface area contributed by atoms with Gasteiger partial charge in [0.2, 0.25) is 0 Å². The Kier molecular flexibility index (Phi) is 5.52. The number of rotatable bonds is 5. The van der Waals surface area contributed by atoms with Crippen LogP contribution in [0.15, 0.2) is 30.3 Å². The molecule has 1 fully saturated rings. The number of anilines is 1. The maximum Gasteiger partial charge on any atom is 0.335 e. The third-order valence-electron chi connectivity index (χ3n) is 4.68. The van der Waals surface area contributed by atoms with Crippen molar-refractivity contribution in [3.05, 3.63) is 53.0 Å². The number of hydrogen-bond acceptors (Lipinski definition) is 5. The molecular formula is C20H26N4O2. The summed E-state index contributed by atoms with van der Waals surface area (Å²) in [4.78, 5) is 24.9. The van der Waals surface area contributed by atoms with Crippen molar-refractivity contribution in [3.63, 3.8) is 0 Å². The van der Waals surface area contributed by atoms with Gasteiger partial charge in [-0.1, -0.05) is 26.0 Å². The Morgan fingerprint density at radius 1 is 1.12 bits per heavy atom. The second kappa shape index (κ2) is 7.83. The normalized spacial score (nSPS) is 15.5. The quantitative estimate of drug-likeness (QED) is 0.890. The Labute approximate surface area is 154 Å². The summed E-state index contributed by atoms with van der Waals surface area (Å²) in [5.41, 5.74) is 2.49. The monoisotopic (exact) mass is 354 g/mol. The van der Waals surface area contributed by atoms with E-state index in [0.717, 1.165) is 55.6 Å². The number of carboxylic acid groups (broad SMARTS) is 1. The molecule has 1 aromatic heterocycles. The van der Waals surface area contributed by atoms with E-state index in [1.54, 1.807) is 12.1 Å². The molecule has 26 heavy (non-hydrogen) atoms. The van der Waals surface area contributed by atoms with Crippen LogP contribution >= 0.6 is 0 Å². The van der Waals surface area contributed by atoms with Crippen LogP contribution in [0.1, 0.15) is 47.2 Å². The Hall–Kier alpha value is -2.47. The highest BCUT2D eigenvalue weighted by Crippen LogP contribution is 2.19. The minimum absolute atomic E-state index is 0.323. The zero-order valence-electron chi connectivity index (χ0n) is 15.6. The molecule has 1 aromatic carbocycles. The fraction of sp³-hybridized carbons (Fsp3) is 0.450. The number of carbonyl (C=O) groups is 1. The lowest BCUT2D eigenvalue weighted by molar-refractivity contribution is 0.0697. The molecule has 0 atom stereocenters. The van der Waals surface area contributed by atoms with E-state index in [4.69, 9.17) is 10.1 Å². The van der Waals surface area contributed by atoms with Gasteiger partial charge in [0.1, 0.15) is 11.6 Å². The molecule has 2 aromatic rings. The SMILES string of the molecule is Cc1cc(N2CCN(Cc3ccc(C(=O)O)cc3)CC2)nc(C(C)C)n1. The van der Waals surface area contributed by atoms with E-state index in [9.17, 15) is 4.79 Å². The number of carboxylic acids is 1. The van der Waals surface area contributed by atoms with Crippen LogP contribution in [0.2, 0.25) is 0 Å². The summed E-state index contributed by atoms with van der Waals surface area (Å²) in [6.07, 6.45) is 0. The lowest BCUT2D eigenvalue weighted by atomic mass is 10.1. The van der Waals surface area contributed by atoms with Gasteiger partial charge in [0.05, 0.1) is 5.56 Å². The lowest BCUT2D eigenvalue weighted by Gasteiger charge is -2.35. The zero-order chi connectivity index (χ0) is 18.7. The molecule has 6 heteroatoms. The van der Waals surface area contributed by atoms with Crippen LogP contribution in [-0.4, -0.2) is 52.1 Å². The number of aryl methyl sites for hydroxylation is 1. The molecule has 1 aliphatic rings. The molecule has 0 aliphatic carbocycles. The van der Waals surface area contributed by atoms with Crippen LogP contribution in [0, 0.1) is 6.92 Å². The van der Waals surface area contributed by atoms with Crippen LogP contribution < -0.4 is 4.90 Å². The third kappa shape index (κ3) is 4.38. The fourth-order valence-electron chi connectivity index (χ4n) is 3.14. The zero-order valence-corrected chi connectivity index (χ0v) is 15.6. The van der Waals surface area contributed by atoms with E-state index >= 15 is 0 Å². The van der Waals surface area contributed by atoms with Crippen molar-refractivity contribution in [2.45, 2.75) is 33.2 Å². The molecule has 0 amide bonds. The van der Waals surface area contributed by atoms with Gasteiger partial charge in [0.25, 0.3) is 0 Å². The number of hydrogen-bond donors (Lipinski definition) is 1. The van der Waals surface area contributed by atoms with E-state index in [1.165, 1.54) is 0 Å². The molecular weight excluding hydrogens is 328 g/mol. The number of aromatic nitrogens is 2. The molecule has 1 N–H and O–H groups in total. The van der Waals surface area contributed by atoms with E-state index in [0.29, 0.717) is 11.5 Å². The Morgan fingerprint density at radius 2 is 1.77 bits per heavy atom. The third-order valence-corrected chi connectivity index (χ3v) is 4.68. The largest absolute Gasteiger partial charge is 0.478 e. The number of piperazine rings is 1. The van der Waals surface area contributed by atoms with E-state index in [1.807, 2.05) is 19.1 Å². The molecule has 1 aliphatic heterocycles. The first-order valence-electron chi connectivity index (χ1n) is 9.07. The summed E-state index contributed by atoms with van der Waals surface area (Å²) in [6.45, 7) is 10.9. The predicted molar refractivity (Wildman–Crippen MR) is 102 cm³/mol. The second-order valence-corrected chi connectivity index (χ2v) is 7.15. The topological polar surface area (TPSA) is 69.6 Å². The fourth-order valence-corrected chi connectivity index (χ4v) is 3.14. The van der Waals surface area contributed by atoms with Gasteiger partial charge in [-0.2, -0.15) is 0 Å². The number of aromatic carboxylic acids is 1. The minimum Gasteiger partial charge on any atom is -0.478 e. The van der Waals surface area contributed by atoms with Gasteiger partial charge < -0.3 is 10.0 Å². The van der Waals surface area contributed by atoms with E-state index < -0.39 is 5.97 Å². The Morgan fingerprint density at radius 3 is 2.35 bits per heavy atom. The Balaban J connectivity index is 1.60. The summed E-state index contributed by atoms with van der Waals surface area (Å²) in [6, 6.07) is 9.21. The van der Waals surface area contributed by atoms with Gasteiger partial charge in [0.15, 0.2) is 0 Å². The summed E-state index contributed by atoms with van der Waals surface area (Å²) in [5.74, 6) is 1.36. The standard InChI is InChI=1S/C20H26N4O2/c1-14(2)19-21-15(3)12-18(22-19)24-10-8-23(9-11-24)13-16-4-6-17(7-5-16)20(25)26/h4-7,12,14H,8-11,13H2,1-3H3,(H,25,26). The van der Waals surface area contributed by atoms with Crippen molar-refractivity contribution in [2.24, 2.45) is 0 Å². The molecule has 1 saturated heterocycles. The first-order chi connectivity index (χ1) is 12.4. The molecule has 0 spiro atoms. The highest BCUT2D eigenvalue weighted by Gasteiger charge is 2.19. The molecule has 2 heterocycles. The Bertz CT molecular complexity index is 766. The van der Waals surface area contributed by atoms with Crippen molar-refractivity contribution in [1.82, 2.24) is 14.9 Å². The highest BCUT2D eigenvalue weighted by molar-refractivity contribution is 5.87. The maximum absolute atomic E-state index is 10.9. The minimum atomic E-state index is -0.883. The maximum atomic E-state index is 10.9. The summed E-state index contributed by atoms with van der Waals surface area (Å²) in [7, 11) is 0. The van der Waals surface area contributed by atoms with Gasteiger partial charge in [-0.15, -0.1) is 0 Å². The van der Waals surface area contributed by atoms with Crippen molar-refractivity contribution < 1.29 is 9.90 Å². The van der Waals surface area contributed by atoms with Crippen LogP contribution in [-0.2, 0) is 6.54 Å². The number of nitrogens with zero attached hydrogens (tertiary/aromatic N) is 4. The van der Waals surface area contributed by atoms with Gasteiger partial charge in [-0.3, -0.25) is 4.90 Å². The van der Waals surface area contributed by atoms with Crippen molar-refractivity contribution in [2.75, 3.05) is 31.1 Å². The van der Waals surface area contributed by atoms with Crippen molar-refractivity contribution in [1.29, 1.82) is 0 Å². The van der Waals surface area contributed by atoms with Crippen LogP contribution in [0.5, 0.6) is 0 Å². The molecule has 0 unspecified atom stereocenters. The van der Waals surface area contributed by atoms with E-state index in [-0.39, 0.29) is 0 Å². The summed E-state index contributed by atoms with van der Waals surface area (Å²) in [5, 5.41) is 8.98.